The van der Waals surface area contributed by atoms with Gasteiger partial charge in [-0.15, -0.1) is 11.8 Å². The number of amides is 1. The molecule has 1 N–H and O–H groups in total. The van der Waals surface area contributed by atoms with Crippen LogP contribution >= 0.6 is 11.8 Å². The summed E-state index contributed by atoms with van der Waals surface area (Å²) in [5.41, 5.74) is 4.91. The number of carbonyl (C=O) groups is 1. The summed E-state index contributed by atoms with van der Waals surface area (Å²) in [6.07, 6.45) is 2.47. The molecule has 1 amide bonds. The van der Waals surface area contributed by atoms with Crippen molar-refractivity contribution in [2.45, 2.75) is 45.1 Å². The van der Waals surface area contributed by atoms with Crippen LogP contribution in [0.2, 0.25) is 0 Å². The lowest BCUT2D eigenvalue weighted by atomic mass is 10.1. The molecule has 0 atom stereocenters. The van der Waals surface area contributed by atoms with Gasteiger partial charge in [0.05, 0.1) is 5.75 Å². The average molecular weight is 413 g/mol. The van der Waals surface area contributed by atoms with Crippen molar-refractivity contribution in [1.82, 2.24) is 10.2 Å². The number of carbonyl (C=O) groups excluding carboxylic acids is 1. The largest absolute Gasteiger partial charge is 0.490 e. The third-order valence-corrected chi connectivity index (χ3v) is 6.17. The van der Waals surface area contributed by atoms with E-state index in [0.29, 0.717) is 18.4 Å². The fourth-order valence-corrected chi connectivity index (χ4v) is 4.44. The van der Waals surface area contributed by atoms with E-state index < -0.39 is 0 Å². The average Bonchev–Trinajstić information content (AvgIpc) is 2.68. The number of thioether (sulfide) groups is 1. The number of nitrogens with zero attached hydrogens (tertiary/aromatic N) is 1. The maximum atomic E-state index is 12.1. The molecule has 0 bridgehead atoms. The summed E-state index contributed by atoms with van der Waals surface area (Å²) in [6.45, 7) is 6.96. The molecule has 1 aliphatic rings. The number of hydrogen-bond acceptors (Lipinski definition) is 4. The quantitative estimate of drug-likeness (QED) is 0.701. The van der Waals surface area contributed by atoms with Crippen molar-refractivity contribution in [3.05, 3.63) is 64.7 Å². The Balaban J connectivity index is 1.36. The van der Waals surface area contributed by atoms with Gasteiger partial charge in [-0.1, -0.05) is 41.5 Å². The van der Waals surface area contributed by atoms with Gasteiger partial charge in [0.25, 0.3) is 0 Å². The number of benzene rings is 2. The Kier molecular flexibility index (Phi) is 8.01. The summed E-state index contributed by atoms with van der Waals surface area (Å²) in [5.74, 6) is 2.33. The minimum Gasteiger partial charge on any atom is -0.490 e. The van der Waals surface area contributed by atoms with Gasteiger partial charge in [0.2, 0.25) is 5.91 Å². The summed E-state index contributed by atoms with van der Waals surface area (Å²) < 4.78 is 6.08. The lowest BCUT2D eigenvalue weighted by Crippen LogP contribution is -2.35. The zero-order valence-corrected chi connectivity index (χ0v) is 18.6. The van der Waals surface area contributed by atoms with Crippen molar-refractivity contribution in [2.24, 2.45) is 0 Å². The molecular weight excluding hydrogens is 380 g/mol. The van der Waals surface area contributed by atoms with Crippen LogP contribution in [-0.2, 0) is 17.1 Å². The van der Waals surface area contributed by atoms with Gasteiger partial charge < -0.3 is 15.0 Å². The highest BCUT2D eigenvalue weighted by Gasteiger charge is 2.17. The second kappa shape index (κ2) is 10.7. The van der Waals surface area contributed by atoms with E-state index in [2.05, 4.69) is 49.3 Å². The smallest absolute Gasteiger partial charge is 0.230 e. The lowest BCUT2D eigenvalue weighted by Gasteiger charge is -2.29. The lowest BCUT2D eigenvalue weighted by molar-refractivity contribution is -0.118. The minimum atomic E-state index is 0.0750. The summed E-state index contributed by atoms with van der Waals surface area (Å²) in [7, 11) is 2.15. The van der Waals surface area contributed by atoms with Crippen molar-refractivity contribution in [1.29, 1.82) is 0 Å². The third kappa shape index (κ3) is 7.41. The number of nitrogens with one attached hydrogen (secondary N) is 1. The van der Waals surface area contributed by atoms with Crippen LogP contribution < -0.4 is 10.1 Å². The van der Waals surface area contributed by atoms with E-state index >= 15 is 0 Å². The van der Waals surface area contributed by atoms with Crippen molar-refractivity contribution in [3.63, 3.8) is 0 Å². The second-order valence-electron chi connectivity index (χ2n) is 8.03. The number of likely N-dealkylation sites (tertiary alicyclic amines) is 1. The molecule has 0 aliphatic carbocycles. The van der Waals surface area contributed by atoms with Gasteiger partial charge in [-0.25, -0.2) is 0 Å². The first kappa shape index (κ1) is 21.7. The summed E-state index contributed by atoms with van der Waals surface area (Å²) in [5, 5.41) is 3.01. The van der Waals surface area contributed by atoms with E-state index in [1.54, 1.807) is 11.8 Å². The molecule has 1 heterocycles. The Hall–Kier alpha value is -1.98. The first-order valence-corrected chi connectivity index (χ1v) is 11.5. The first-order chi connectivity index (χ1) is 14.0. The van der Waals surface area contributed by atoms with Crippen molar-refractivity contribution in [2.75, 3.05) is 25.9 Å². The first-order valence-electron chi connectivity index (χ1n) is 10.3. The molecule has 0 radical (unpaired) electrons. The Bertz CT molecular complexity index is 779. The standard InChI is InChI=1S/C24H32N2O2S/c1-18-12-19(2)14-21(13-18)16-29-17-24(27)25-15-20-4-6-22(7-5-20)28-23-8-10-26(3)11-9-23/h4-7,12-14,23H,8-11,15-17H2,1-3H3,(H,25,27). The molecule has 1 fully saturated rings. The van der Waals surface area contributed by atoms with Crippen molar-refractivity contribution in [3.8, 4) is 5.75 Å². The Labute approximate surface area is 179 Å². The molecule has 5 heteroatoms. The van der Waals surface area contributed by atoms with Crippen LogP contribution in [0.15, 0.2) is 42.5 Å². The molecule has 1 saturated heterocycles. The monoisotopic (exact) mass is 412 g/mol. The summed E-state index contributed by atoms with van der Waals surface area (Å²) >= 11 is 1.65. The maximum absolute atomic E-state index is 12.1. The van der Waals surface area contributed by atoms with E-state index in [9.17, 15) is 4.79 Å². The number of ether oxygens (including phenoxy) is 1. The van der Waals surface area contributed by atoms with E-state index in [-0.39, 0.29) is 5.91 Å². The number of rotatable bonds is 8. The fourth-order valence-electron chi connectivity index (χ4n) is 3.65. The van der Waals surface area contributed by atoms with Crippen LogP contribution in [0.3, 0.4) is 0 Å². The summed E-state index contributed by atoms with van der Waals surface area (Å²) in [6, 6.07) is 14.6. The van der Waals surface area contributed by atoms with Crippen LogP contribution in [0.1, 0.15) is 35.1 Å². The maximum Gasteiger partial charge on any atom is 0.230 e. The Morgan fingerprint density at radius 2 is 1.72 bits per heavy atom. The molecule has 1 aliphatic heterocycles. The number of aryl methyl sites for hydroxylation is 2. The van der Waals surface area contributed by atoms with Crippen molar-refractivity contribution < 1.29 is 9.53 Å². The molecule has 0 spiro atoms. The van der Waals surface area contributed by atoms with Crippen LogP contribution in [0.4, 0.5) is 0 Å². The Morgan fingerprint density at radius 1 is 1.07 bits per heavy atom. The van der Waals surface area contributed by atoms with E-state index in [1.165, 1.54) is 16.7 Å². The predicted molar refractivity (Wildman–Crippen MR) is 122 cm³/mol. The number of piperidine rings is 1. The van der Waals surface area contributed by atoms with Gasteiger partial charge in [0.15, 0.2) is 0 Å². The molecule has 156 valence electrons. The van der Waals surface area contributed by atoms with Crippen LogP contribution in [-0.4, -0.2) is 42.8 Å². The van der Waals surface area contributed by atoms with Crippen LogP contribution in [0.25, 0.3) is 0 Å². The summed E-state index contributed by atoms with van der Waals surface area (Å²) in [4.78, 5) is 14.5. The van der Waals surface area contributed by atoms with Gasteiger partial charge in [0.1, 0.15) is 11.9 Å². The minimum absolute atomic E-state index is 0.0750. The SMILES string of the molecule is Cc1cc(C)cc(CSCC(=O)NCc2ccc(OC3CCN(C)CC3)cc2)c1. The normalized spacial score (nSPS) is 15.3. The highest BCUT2D eigenvalue weighted by atomic mass is 32.2. The molecule has 0 unspecified atom stereocenters. The molecule has 3 rings (SSSR count). The van der Waals surface area contributed by atoms with Gasteiger partial charge in [-0.3, -0.25) is 4.79 Å². The molecular formula is C24H32N2O2S. The zero-order valence-electron chi connectivity index (χ0n) is 17.7. The molecule has 0 aromatic heterocycles. The predicted octanol–water partition coefficient (Wildman–Crippen LogP) is 4.33. The van der Waals surface area contributed by atoms with Gasteiger partial charge >= 0.3 is 0 Å². The molecule has 29 heavy (non-hydrogen) atoms. The zero-order chi connectivity index (χ0) is 20.6. The van der Waals surface area contributed by atoms with E-state index in [0.717, 1.165) is 43.0 Å². The molecule has 4 nitrogen and oxygen atoms in total. The highest BCUT2D eigenvalue weighted by Crippen LogP contribution is 2.19. The topological polar surface area (TPSA) is 41.6 Å². The van der Waals surface area contributed by atoms with E-state index in [1.807, 2.05) is 24.3 Å². The third-order valence-electron chi connectivity index (χ3n) is 5.16. The van der Waals surface area contributed by atoms with Gasteiger partial charge in [-0.05, 0) is 57.0 Å². The molecule has 0 saturated carbocycles. The molecule has 2 aromatic carbocycles. The van der Waals surface area contributed by atoms with Crippen LogP contribution in [0.5, 0.6) is 5.75 Å². The Morgan fingerprint density at radius 3 is 2.38 bits per heavy atom. The molecule has 2 aromatic rings. The second-order valence-corrected chi connectivity index (χ2v) is 9.02. The van der Waals surface area contributed by atoms with Crippen molar-refractivity contribution >= 4 is 17.7 Å². The number of hydrogen-bond donors (Lipinski definition) is 1. The van der Waals surface area contributed by atoms with Gasteiger partial charge in [0, 0.05) is 25.4 Å². The van der Waals surface area contributed by atoms with Gasteiger partial charge in [-0.2, -0.15) is 0 Å². The van der Waals surface area contributed by atoms with E-state index in [4.69, 9.17) is 4.74 Å². The highest BCUT2D eigenvalue weighted by molar-refractivity contribution is 7.99. The fraction of sp³-hybridized carbons (Fsp3) is 0.458. The van der Waals surface area contributed by atoms with Crippen LogP contribution in [0, 0.1) is 13.8 Å².